The van der Waals surface area contributed by atoms with Gasteiger partial charge in [-0.3, -0.25) is 4.79 Å². The number of allylic oxidation sites excluding steroid dienone is 1. The molecule has 3 rings (SSSR count). The molecule has 1 heterocycles. The van der Waals surface area contributed by atoms with Crippen molar-refractivity contribution in [2.24, 2.45) is 11.3 Å². The van der Waals surface area contributed by atoms with Crippen LogP contribution in [-0.2, 0) is 16.0 Å². The van der Waals surface area contributed by atoms with E-state index in [-0.39, 0.29) is 17.7 Å². The lowest BCUT2D eigenvalue weighted by molar-refractivity contribution is -0.146. The summed E-state index contributed by atoms with van der Waals surface area (Å²) in [6.45, 7) is 4.47. The number of carbonyl (C=O) groups excluding carboxylic acids is 1. The van der Waals surface area contributed by atoms with E-state index in [0.717, 1.165) is 17.6 Å². The molecule has 2 nitrogen and oxygen atoms in total. The van der Waals surface area contributed by atoms with Crippen LogP contribution in [0.5, 0.6) is 0 Å². The van der Waals surface area contributed by atoms with Crippen LogP contribution in [0.1, 0.15) is 18.4 Å². The molecule has 0 aromatic heterocycles. The fourth-order valence-corrected chi connectivity index (χ4v) is 3.27. The van der Waals surface area contributed by atoms with Crippen molar-refractivity contribution < 1.29 is 13.9 Å². The first-order valence-electron chi connectivity index (χ1n) is 6.18. The number of hydrogen-bond acceptors (Lipinski definition) is 2. The van der Waals surface area contributed by atoms with E-state index in [9.17, 15) is 9.18 Å². The van der Waals surface area contributed by atoms with Gasteiger partial charge < -0.3 is 4.74 Å². The van der Waals surface area contributed by atoms with Gasteiger partial charge in [0.2, 0.25) is 0 Å². The molecule has 18 heavy (non-hydrogen) atoms. The van der Waals surface area contributed by atoms with E-state index in [2.05, 4.69) is 6.58 Å². The van der Waals surface area contributed by atoms with Gasteiger partial charge in [0.15, 0.2) is 0 Å². The Kier molecular flexibility index (Phi) is 2.51. The number of carbonyl (C=O) groups is 1. The van der Waals surface area contributed by atoms with Crippen molar-refractivity contribution in [2.45, 2.75) is 19.3 Å². The Bertz CT molecular complexity index is 523. The standard InChI is InChI=1S/C15H15FO2/c1-10-5-12-9-18-14(17)15(12,7-10)8-11-3-2-4-13(16)6-11/h2-4,6,12H,1,5,7-9H2. The highest BCUT2D eigenvalue weighted by Crippen LogP contribution is 2.52. The van der Waals surface area contributed by atoms with Gasteiger partial charge in [-0.05, 0) is 37.0 Å². The average molecular weight is 246 g/mol. The summed E-state index contributed by atoms with van der Waals surface area (Å²) in [4.78, 5) is 12.1. The zero-order chi connectivity index (χ0) is 12.8. The average Bonchev–Trinajstić information content (AvgIpc) is 2.76. The SMILES string of the molecule is C=C1CC2COC(=O)C2(Cc2cccc(F)c2)C1. The van der Waals surface area contributed by atoms with Gasteiger partial charge in [-0.1, -0.05) is 24.3 Å². The van der Waals surface area contributed by atoms with Crippen molar-refractivity contribution >= 4 is 5.97 Å². The Morgan fingerprint density at radius 2 is 2.33 bits per heavy atom. The molecule has 1 aliphatic carbocycles. The second-order valence-corrected chi connectivity index (χ2v) is 5.39. The minimum Gasteiger partial charge on any atom is -0.465 e. The van der Waals surface area contributed by atoms with E-state index < -0.39 is 5.41 Å². The van der Waals surface area contributed by atoms with Crippen molar-refractivity contribution in [1.82, 2.24) is 0 Å². The van der Waals surface area contributed by atoms with Crippen LogP contribution in [0, 0.1) is 17.2 Å². The molecule has 0 radical (unpaired) electrons. The molecule has 2 fully saturated rings. The Labute approximate surface area is 105 Å². The number of benzene rings is 1. The molecule has 0 amide bonds. The highest BCUT2D eigenvalue weighted by atomic mass is 19.1. The maximum absolute atomic E-state index is 13.2. The molecule has 3 heteroatoms. The van der Waals surface area contributed by atoms with Crippen LogP contribution in [0.2, 0.25) is 0 Å². The fraction of sp³-hybridized carbons (Fsp3) is 0.400. The van der Waals surface area contributed by atoms with Crippen molar-refractivity contribution in [1.29, 1.82) is 0 Å². The molecule has 1 aromatic carbocycles. The topological polar surface area (TPSA) is 26.3 Å². The molecule has 2 unspecified atom stereocenters. The van der Waals surface area contributed by atoms with Crippen LogP contribution in [0.3, 0.4) is 0 Å². The maximum atomic E-state index is 13.2. The highest BCUT2D eigenvalue weighted by Gasteiger charge is 2.55. The van der Waals surface area contributed by atoms with Crippen molar-refractivity contribution in [3.63, 3.8) is 0 Å². The largest absolute Gasteiger partial charge is 0.465 e. The molecule has 0 N–H and O–H groups in total. The summed E-state index contributed by atoms with van der Waals surface area (Å²) in [5.41, 5.74) is 1.46. The molecule has 1 aromatic rings. The Morgan fingerprint density at radius 3 is 3.11 bits per heavy atom. The summed E-state index contributed by atoms with van der Waals surface area (Å²) < 4.78 is 18.4. The summed E-state index contributed by atoms with van der Waals surface area (Å²) in [6.07, 6.45) is 2.07. The Hall–Kier alpha value is -1.64. The molecule has 2 aliphatic rings. The summed E-state index contributed by atoms with van der Waals surface area (Å²) >= 11 is 0. The predicted molar refractivity (Wildman–Crippen MR) is 65.4 cm³/mol. The molecule has 2 atom stereocenters. The first-order chi connectivity index (χ1) is 8.60. The summed E-state index contributed by atoms with van der Waals surface area (Å²) in [7, 11) is 0. The predicted octanol–water partition coefficient (Wildman–Crippen LogP) is 2.88. The van der Waals surface area contributed by atoms with E-state index >= 15 is 0 Å². The van der Waals surface area contributed by atoms with Gasteiger partial charge in [-0.15, -0.1) is 0 Å². The fourth-order valence-electron chi connectivity index (χ4n) is 3.27. The third-order valence-corrected chi connectivity index (χ3v) is 4.11. The number of hydrogen-bond donors (Lipinski definition) is 0. The number of cyclic esters (lactones) is 1. The third-order valence-electron chi connectivity index (χ3n) is 4.11. The van der Waals surface area contributed by atoms with E-state index in [1.54, 1.807) is 6.07 Å². The smallest absolute Gasteiger partial charge is 0.313 e. The van der Waals surface area contributed by atoms with Crippen molar-refractivity contribution in [3.8, 4) is 0 Å². The van der Waals surface area contributed by atoms with E-state index in [1.807, 2.05) is 6.07 Å². The minimum absolute atomic E-state index is 0.143. The zero-order valence-corrected chi connectivity index (χ0v) is 10.1. The summed E-state index contributed by atoms with van der Waals surface area (Å²) in [5.74, 6) is -0.195. The first kappa shape index (κ1) is 11.5. The van der Waals surface area contributed by atoms with Crippen molar-refractivity contribution in [3.05, 3.63) is 47.8 Å². The van der Waals surface area contributed by atoms with E-state index in [4.69, 9.17) is 4.74 Å². The van der Waals surface area contributed by atoms with E-state index in [1.165, 1.54) is 12.1 Å². The van der Waals surface area contributed by atoms with Crippen LogP contribution < -0.4 is 0 Å². The van der Waals surface area contributed by atoms with Gasteiger partial charge in [-0.25, -0.2) is 4.39 Å². The van der Waals surface area contributed by atoms with Gasteiger partial charge in [-0.2, -0.15) is 0 Å². The summed E-state index contributed by atoms with van der Waals surface area (Å²) in [5, 5.41) is 0. The van der Waals surface area contributed by atoms with E-state index in [0.29, 0.717) is 19.4 Å². The molecular formula is C15H15FO2. The number of ether oxygens (including phenoxy) is 1. The molecule has 94 valence electrons. The molecular weight excluding hydrogens is 231 g/mol. The highest BCUT2D eigenvalue weighted by molar-refractivity contribution is 5.81. The third kappa shape index (κ3) is 1.65. The minimum atomic E-state index is -0.495. The first-order valence-corrected chi connectivity index (χ1v) is 6.18. The van der Waals surface area contributed by atoms with Gasteiger partial charge >= 0.3 is 5.97 Å². The lowest BCUT2D eigenvalue weighted by Gasteiger charge is -2.23. The Morgan fingerprint density at radius 1 is 1.50 bits per heavy atom. The number of rotatable bonds is 2. The van der Waals surface area contributed by atoms with Gasteiger partial charge in [0, 0.05) is 5.92 Å². The lowest BCUT2D eigenvalue weighted by Crippen LogP contribution is -2.31. The van der Waals surface area contributed by atoms with Gasteiger partial charge in [0.25, 0.3) is 0 Å². The molecule has 1 saturated heterocycles. The Balaban J connectivity index is 1.94. The van der Waals surface area contributed by atoms with Gasteiger partial charge in [0.05, 0.1) is 12.0 Å². The normalized spacial score (nSPS) is 30.4. The lowest BCUT2D eigenvalue weighted by atomic mass is 9.75. The molecule has 0 bridgehead atoms. The monoisotopic (exact) mass is 246 g/mol. The van der Waals surface area contributed by atoms with Crippen LogP contribution in [0.15, 0.2) is 36.4 Å². The van der Waals surface area contributed by atoms with Gasteiger partial charge in [0.1, 0.15) is 5.82 Å². The zero-order valence-electron chi connectivity index (χ0n) is 10.1. The number of fused-ring (bicyclic) bond motifs is 1. The second kappa shape index (κ2) is 3.94. The maximum Gasteiger partial charge on any atom is 0.313 e. The van der Waals surface area contributed by atoms with Crippen LogP contribution in [0.4, 0.5) is 4.39 Å². The molecule has 1 aliphatic heterocycles. The van der Waals surface area contributed by atoms with Crippen LogP contribution in [0.25, 0.3) is 0 Å². The molecule has 0 spiro atoms. The second-order valence-electron chi connectivity index (χ2n) is 5.39. The summed E-state index contributed by atoms with van der Waals surface area (Å²) in [6, 6.07) is 6.46. The number of esters is 1. The number of halogens is 1. The van der Waals surface area contributed by atoms with Crippen LogP contribution >= 0.6 is 0 Å². The van der Waals surface area contributed by atoms with Crippen LogP contribution in [-0.4, -0.2) is 12.6 Å². The van der Waals surface area contributed by atoms with Crippen molar-refractivity contribution in [2.75, 3.05) is 6.61 Å². The molecule has 1 saturated carbocycles. The quantitative estimate of drug-likeness (QED) is 0.592.